The van der Waals surface area contributed by atoms with Crippen molar-refractivity contribution in [3.8, 4) is 11.5 Å². The quantitative estimate of drug-likeness (QED) is 0.799. The molecule has 8 heteroatoms. The van der Waals surface area contributed by atoms with Crippen LogP contribution in [0.5, 0.6) is 0 Å². The maximum atomic E-state index is 12.1. The van der Waals surface area contributed by atoms with Gasteiger partial charge >= 0.3 is 6.01 Å². The summed E-state index contributed by atoms with van der Waals surface area (Å²) in [4.78, 5) is 12.1. The lowest BCUT2D eigenvalue weighted by molar-refractivity contribution is 0.101. The highest BCUT2D eigenvalue weighted by molar-refractivity contribution is 6.30. The third kappa shape index (κ3) is 2.84. The molecule has 0 aliphatic rings. The van der Waals surface area contributed by atoms with Gasteiger partial charge in [-0.3, -0.25) is 14.8 Å². The minimum absolute atomic E-state index is 0.0267. The highest BCUT2D eigenvalue weighted by atomic mass is 35.5. The molecule has 0 unspecified atom stereocenters. The van der Waals surface area contributed by atoms with E-state index in [0.29, 0.717) is 23.2 Å². The number of aryl methyl sites for hydroxylation is 1. The van der Waals surface area contributed by atoms with Crippen LogP contribution in [0.15, 0.2) is 40.9 Å². The van der Waals surface area contributed by atoms with Crippen LogP contribution in [0.3, 0.4) is 0 Å². The average molecular weight is 318 g/mol. The first-order valence-corrected chi connectivity index (χ1v) is 6.98. The van der Waals surface area contributed by atoms with Crippen LogP contribution in [-0.4, -0.2) is 25.9 Å². The van der Waals surface area contributed by atoms with E-state index in [9.17, 15) is 4.79 Å². The van der Waals surface area contributed by atoms with Crippen molar-refractivity contribution in [2.45, 2.75) is 13.5 Å². The van der Waals surface area contributed by atoms with Gasteiger partial charge in [-0.25, -0.2) is 0 Å². The van der Waals surface area contributed by atoms with E-state index in [1.54, 1.807) is 41.2 Å². The molecule has 0 bridgehead atoms. The van der Waals surface area contributed by atoms with Crippen molar-refractivity contribution < 1.29 is 9.21 Å². The van der Waals surface area contributed by atoms with Gasteiger partial charge in [-0.2, -0.15) is 5.10 Å². The summed E-state index contributed by atoms with van der Waals surface area (Å²) in [5.41, 5.74) is 1.14. The Morgan fingerprint density at radius 2 is 2.05 bits per heavy atom. The minimum atomic E-state index is -0.356. The van der Waals surface area contributed by atoms with E-state index < -0.39 is 0 Å². The molecule has 0 spiro atoms. The topological polar surface area (TPSA) is 85.8 Å². The molecule has 0 saturated heterocycles. The molecule has 0 fully saturated rings. The number of nitrogens with one attached hydrogen (secondary N) is 1. The van der Waals surface area contributed by atoms with Crippen molar-refractivity contribution in [2.75, 3.05) is 5.32 Å². The summed E-state index contributed by atoms with van der Waals surface area (Å²) in [6.45, 7) is 2.49. The summed E-state index contributed by atoms with van der Waals surface area (Å²) >= 11 is 5.83. The van der Waals surface area contributed by atoms with Crippen molar-refractivity contribution >= 4 is 23.5 Å². The number of anilines is 1. The first-order chi connectivity index (χ1) is 10.7. The Hall–Kier alpha value is -2.67. The molecule has 1 aromatic carbocycles. The normalized spacial score (nSPS) is 10.6. The van der Waals surface area contributed by atoms with Gasteiger partial charge in [-0.15, -0.1) is 5.10 Å². The predicted molar refractivity (Wildman–Crippen MR) is 80.6 cm³/mol. The second kappa shape index (κ2) is 5.98. The number of aromatic nitrogens is 4. The third-order valence-corrected chi connectivity index (χ3v) is 3.24. The van der Waals surface area contributed by atoms with Crippen LogP contribution in [0.4, 0.5) is 6.01 Å². The molecule has 3 aromatic rings. The fourth-order valence-corrected chi connectivity index (χ4v) is 2.05. The fourth-order valence-electron chi connectivity index (χ4n) is 1.92. The molecule has 2 aromatic heterocycles. The molecule has 0 aliphatic carbocycles. The van der Waals surface area contributed by atoms with Gasteiger partial charge in [0.15, 0.2) is 0 Å². The van der Waals surface area contributed by atoms with Crippen LogP contribution in [0, 0.1) is 0 Å². The number of carbonyl (C=O) groups is 1. The highest BCUT2D eigenvalue weighted by Crippen LogP contribution is 2.21. The van der Waals surface area contributed by atoms with E-state index in [-0.39, 0.29) is 11.9 Å². The number of carbonyl (C=O) groups excluding carboxylic acids is 1. The van der Waals surface area contributed by atoms with Gasteiger partial charge in [0, 0.05) is 23.3 Å². The van der Waals surface area contributed by atoms with Crippen molar-refractivity contribution in [3.05, 3.63) is 47.2 Å². The van der Waals surface area contributed by atoms with Crippen molar-refractivity contribution in [3.63, 3.8) is 0 Å². The number of rotatable bonds is 4. The Kier molecular flexibility index (Phi) is 3.88. The van der Waals surface area contributed by atoms with E-state index in [4.69, 9.17) is 16.0 Å². The van der Waals surface area contributed by atoms with Crippen LogP contribution in [0.25, 0.3) is 11.5 Å². The monoisotopic (exact) mass is 317 g/mol. The molecule has 0 radical (unpaired) electrons. The molecule has 0 atom stereocenters. The number of amides is 1. The van der Waals surface area contributed by atoms with E-state index in [1.165, 1.54) is 0 Å². The number of benzene rings is 1. The first kappa shape index (κ1) is 14.3. The summed E-state index contributed by atoms with van der Waals surface area (Å²) in [6, 6.07) is 8.60. The Balaban J connectivity index is 1.77. The Labute approximate surface area is 130 Å². The van der Waals surface area contributed by atoms with E-state index in [0.717, 1.165) is 5.56 Å². The van der Waals surface area contributed by atoms with Crippen molar-refractivity contribution in [1.29, 1.82) is 0 Å². The number of hydrogen-bond acceptors (Lipinski definition) is 5. The first-order valence-electron chi connectivity index (χ1n) is 6.60. The van der Waals surface area contributed by atoms with Gasteiger partial charge in [0.05, 0.1) is 0 Å². The number of nitrogens with zero attached hydrogens (tertiary/aromatic N) is 4. The Morgan fingerprint density at radius 3 is 2.77 bits per heavy atom. The van der Waals surface area contributed by atoms with Crippen LogP contribution >= 0.6 is 11.6 Å². The summed E-state index contributed by atoms with van der Waals surface area (Å²) in [6.07, 6.45) is 1.56. The second-order valence-electron chi connectivity index (χ2n) is 4.41. The summed E-state index contributed by atoms with van der Waals surface area (Å²) in [5, 5.41) is 14.9. The van der Waals surface area contributed by atoms with Crippen LogP contribution in [0.1, 0.15) is 17.4 Å². The lowest BCUT2D eigenvalue weighted by Crippen LogP contribution is -2.17. The SMILES string of the molecule is CCn1nccc1C(=O)Nc1nnc(-c2ccc(Cl)cc2)o1. The summed E-state index contributed by atoms with van der Waals surface area (Å²) < 4.78 is 7.00. The maximum absolute atomic E-state index is 12.1. The smallest absolute Gasteiger partial charge is 0.322 e. The largest absolute Gasteiger partial charge is 0.403 e. The molecule has 3 rings (SSSR count). The fraction of sp³-hybridized carbons (Fsp3) is 0.143. The zero-order valence-corrected chi connectivity index (χ0v) is 12.4. The van der Waals surface area contributed by atoms with E-state index in [1.807, 2.05) is 6.92 Å². The minimum Gasteiger partial charge on any atom is -0.403 e. The maximum Gasteiger partial charge on any atom is 0.322 e. The average Bonchev–Trinajstić information content (AvgIpc) is 3.16. The van der Waals surface area contributed by atoms with E-state index >= 15 is 0 Å². The second-order valence-corrected chi connectivity index (χ2v) is 4.84. The highest BCUT2D eigenvalue weighted by Gasteiger charge is 2.15. The van der Waals surface area contributed by atoms with E-state index in [2.05, 4.69) is 20.6 Å². The molecule has 22 heavy (non-hydrogen) atoms. The summed E-state index contributed by atoms with van der Waals surface area (Å²) in [5.74, 6) is -0.0541. The van der Waals surface area contributed by atoms with Gasteiger partial charge in [-0.05, 0) is 37.3 Å². The molecule has 7 nitrogen and oxygen atoms in total. The molecule has 1 amide bonds. The third-order valence-electron chi connectivity index (χ3n) is 2.99. The van der Waals surface area contributed by atoms with Gasteiger partial charge in [0.1, 0.15) is 5.69 Å². The standard InChI is InChI=1S/C14H12ClN5O2/c1-2-20-11(7-8-16-20)12(21)17-14-19-18-13(22-14)9-3-5-10(15)6-4-9/h3-8H,2H2,1H3,(H,17,19,21). The Morgan fingerprint density at radius 1 is 1.27 bits per heavy atom. The van der Waals surface area contributed by atoms with Crippen molar-refractivity contribution in [1.82, 2.24) is 20.0 Å². The zero-order valence-electron chi connectivity index (χ0n) is 11.7. The lowest BCUT2D eigenvalue weighted by Gasteiger charge is -2.02. The molecule has 0 aliphatic heterocycles. The van der Waals surface area contributed by atoms with Gasteiger partial charge in [-0.1, -0.05) is 16.7 Å². The van der Waals surface area contributed by atoms with Crippen LogP contribution in [0.2, 0.25) is 5.02 Å². The van der Waals surface area contributed by atoms with Crippen molar-refractivity contribution in [2.24, 2.45) is 0 Å². The Bertz CT molecular complexity index is 794. The number of hydrogen-bond donors (Lipinski definition) is 1. The zero-order chi connectivity index (χ0) is 15.5. The van der Waals surface area contributed by atoms with Gasteiger partial charge in [0.25, 0.3) is 5.91 Å². The molecule has 2 heterocycles. The molecule has 1 N–H and O–H groups in total. The summed E-state index contributed by atoms with van der Waals surface area (Å²) in [7, 11) is 0. The predicted octanol–water partition coefficient (Wildman–Crippen LogP) is 2.86. The molecular formula is C14H12ClN5O2. The molecular weight excluding hydrogens is 306 g/mol. The van der Waals surface area contributed by atoms with Gasteiger partial charge in [0.2, 0.25) is 5.89 Å². The van der Waals surface area contributed by atoms with Crippen LogP contribution < -0.4 is 5.32 Å². The van der Waals surface area contributed by atoms with Crippen LogP contribution in [-0.2, 0) is 6.54 Å². The molecule has 0 saturated carbocycles. The number of halogens is 1. The molecule has 112 valence electrons. The lowest BCUT2D eigenvalue weighted by atomic mass is 10.2. The van der Waals surface area contributed by atoms with Gasteiger partial charge < -0.3 is 4.42 Å².